The highest BCUT2D eigenvalue weighted by Gasteiger charge is 2.61. The largest absolute Gasteiger partial charge is 0.432 e. The molecule has 0 aromatic heterocycles. The van der Waals surface area contributed by atoms with E-state index in [1.165, 1.54) is 12.1 Å². The van der Waals surface area contributed by atoms with Crippen molar-refractivity contribution in [1.82, 2.24) is 4.90 Å². The van der Waals surface area contributed by atoms with E-state index in [0.29, 0.717) is 43.5 Å². The van der Waals surface area contributed by atoms with Gasteiger partial charge in [-0.25, -0.2) is 4.39 Å². The summed E-state index contributed by atoms with van der Waals surface area (Å²) in [6.07, 6.45) is 1.68. The average Bonchev–Trinajstić information content (AvgIpc) is 2.64. The summed E-state index contributed by atoms with van der Waals surface area (Å²) in [6.45, 7) is -3.42. The van der Waals surface area contributed by atoms with Gasteiger partial charge in [0.25, 0.3) is 0 Å². The third kappa shape index (κ3) is 3.87. The quantitative estimate of drug-likeness (QED) is 0.719. The first kappa shape index (κ1) is 21.3. The second kappa shape index (κ2) is 7.64. The zero-order valence-electron chi connectivity index (χ0n) is 16.0. The SMILES string of the molecule is OC1(C(F)(F)F)CN(C2CCC(N3CC=Cc4cc(F)c(OC(F)F)cc43)CC2)C1. The number of β-amino-alcohol motifs (C(OH)–C–C–N with tert-alkyl or cyclic N) is 1. The van der Waals surface area contributed by atoms with Gasteiger partial charge >= 0.3 is 12.8 Å². The van der Waals surface area contributed by atoms with Gasteiger partial charge in [-0.1, -0.05) is 12.2 Å². The number of benzene rings is 1. The Kier molecular flexibility index (Phi) is 5.42. The third-order valence-electron chi connectivity index (χ3n) is 6.29. The summed E-state index contributed by atoms with van der Waals surface area (Å²) in [4.78, 5) is 3.67. The fourth-order valence-electron chi connectivity index (χ4n) is 4.66. The molecule has 2 aliphatic heterocycles. The lowest BCUT2D eigenvalue weighted by Crippen LogP contribution is -2.71. The molecule has 10 heteroatoms. The molecular formula is C20H22F6N2O2. The lowest BCUT2D eigenvalue weighted by atomic mass is 9.83. The van der Waals surface area contributed by atoms with Gasteiger partial charge in [0.05, 0.1) is 0 Å². The number of aliphatic hydroxyl groups is 1. The van der Waals surface area contributed by atoms with Crippen LogP contribution in [0.1, 0.15) is 31.2 Å². The van der Waals surface area contributed by atoms with E-state index >= 15 is 0 Å². The molecule has 0 atom stereocenters. The topological polar surface area (TPSA) is 35.9 Å². The summed E-state index contributed by atoms with van der Waals surface area (Å²) in [5.41, 5.74) is -1.44. The number of anilines is 1. The Morgan fingerprint density at radius 3 is 2.30 bits per heavy atom. The number of nitrogens with zero attached hydrogens (tertiary/aromatic N) is 2. The number of fused-ring (bicyclic) bond motifs is 1. The Balaban J connectivity index is 1.41. The first-order chi connectivity index (χ1) is 14.1. The molecule has 1 saturated heterocycles. The van der Waals surface area contributed by atoms with Crippen molar-refractivity contribution in [3.8, 4) is 5.75 Å². The minimum atomic E-state index is -4.63. The van der Waals surface area contributed by atoms with Gasteiger partial charge in [-0.05, 0) is 31.7 Å². The molecule has 0 amide bonds. The first-order valence-electron chi connectivity index (χ1n) is 9.82. The van der Waals surface area contributed by atoms with Crippen LogP contribution in [0.15, 0.2) is 18.2 Å². The van der Waals surface area contributed by atoms with Crippen LogP contribution in [0.2, 0.25) is 0 Å². The minimum Gasteiger partial charge on any atom is -0.432 e. The molecule has 0 radical (unpaired) electrons. The normalized spacial score (nSPS) is 26.5. The second-order valence-corrected chi connectivity index (χ2v) is 8.17. The highest BCUT2D eigenvalue weighted by atomic mass is 19.4. The van der Waals surface area contributed by atoms with Crippen LogP contribution in [-0.4, -0.2) is 60.1 Å². The molecule has 2 heterocycles. The van der Waals surface area contributed by atoms with Crippen molar-refractivity contribution in [2.45, 2.75) is 56.2 Å². The Bertz CT molecular complexity index is 814. The van der Waals surface area contributed by atoms with Crippen LogP contribution < -0.4 is 9.64 Å². The number of rotatable bonds is 4. The zero-order chi connectivity index (χ0) is 21.7. The average molecular weight is 436 g/mol. The summed E-state index contributed by atoms with van der Waals surface area (Å²) < 4.78 is 81.9. The van der Waals surface area contributed by atoms with Gasteiger partial charge in [0.1, 0.15) is 0 Å². The number of hydrogen-bond donors (Lipinski definition) is 1. The van der Waals surface area contributed by atoms with E-state index in [4.69, 9.17) is 0 Å². The number of likely N-dealkylation sites (tertiary alicyclic amines) is 1. The van der Waals surface area contributed by atoms with E-state index in [-0.39, 0.29) is 12.1 Å². The molecule has 1 saturated carbocycles. The highest BCUT2D eigenvalue weighted by molar-refractivity contribution is 5.73. The standard InChI is InChI=1S/C20H22F6N2O2/c21-15-8-12-2-1-7-28(16(12)9-17(15)30-18(22)23)14-5-3-13(4-6-14)27-10-19(29,11-27)20(24,25)26/h1-2,8-9,13-14,18,29H,3-7,10-11H2. The molecule has 1 aliphatic carbocycles. The maximum atomic E-state index is 14.0. The van der Waals surface area contributed by atoms with Crippen molar-refractivity contribution in [3.63, 3.8) is 0 Å². The summed E-state index contributed by atoms with van der Waals surface area (Å²) in [5, 5.41) is 9.65. The lowest BCUT2D eigenvalue weighted by molar-refractivity contribution is -0.306. The zero-order valence-corrected chi connectivity index (χ0v) is 16.0. The van der Waals surface area contributed by atoms with Crippen molar-refractivity contribution in [3.05, 3.63) is 29.6 Å². The molecule has 4 rings (SSSR count). The molecule has 4 nitrogen and oxygen atoms in total. The minimum absolute atomic E-state index is 0.0328. The molecule has 1 aromatic rings. The number of alkyl halides is 5. The van der Waals surface area contributed by atoms with Crippen LogP contribution in [0.25, 0.3) is 6.08 Å². The Hall–Kier alpha value is -1.94. The fraction of sp³-hybridized carbons (Fsp3) is 0.600. The van der Waals surface area contributed by atoms with Crippen molar-refractivity contribution < 1.29 is 36.2 Å². The number of hydrogen-bond acceptors (Lipinski definition) is 4. The molecule has 166 valence electrons. The molecule has 30 heavy (non-hydrogen) atoms. The molecule has 1 N–H and O–H groups in total. The van der Waals surface area contributed by atoms with Gasteiger partial charge in [0.2, 0.25) is 0 Å². The van der Waals surface area contributed by atoms with Gasteiger partial charge in [0.15, 0.2) is 17.2 Å². The summed E-state index contributed by atoms with van der Waals surface area (Å²) in [7, 11) is 0. The maximum Gasteiger partial charge on any atom is 0.419 e. The number of ether oxygens (including phenoxy) is 1. The predicted octanol–water partition coefficient (Wildman–Crippen LogP) is 4.18. The monoisotopic (exact) mass is 436 g/mol. The molecule has 3 aliphatic rings. The van der Waals surface area contributed by atoms with Crippen molar-refractivity contribution in [2.75, 3.05) is 24.5 Å². The molecule has 2 fully saturated rings. The summed E-state index contributed by atoms with van der Waals surface area (Å²) >= 11 is 0. The molecule has 0 bridgehead atoms. The predicted molar refractivity (Wildman–Crippen MR) is 98.0 cm³/mol. The molecule has 0 spiro atoms. The third-order valence-corrected chi connectivity index (χ3v) is 6.29. The van der Waals surface area contributed by atoms with E-state index in [0.717, 1.165) is 0 Å². The first-order valence-corrected chi connectivity index (χ1v) is 9.82. The summed E-state index contributed by atoms with van der Waals surface area (Å²) in [6, 6.07) is 2.47. The smallest absolute Gasteiger partial charge is 0.419 e. The van der Waals surface area contributed by atoms with Crippen molar-refractivity contribution in [2.24, 2.45) is 0 Å². The van der Waals surface area contributed by atoms with Crippen molar-refractivity contribution in [1.29, 1.82) is 0 Å². The van der Waals surface area contributed by atoms with Gasteiger partial charge < -0.3 is 14.7 Å². The summed E-state index contributed by atoms with van der Waals surface area (Å²) in [5.74, 6) is -1.37. The Morgan fingerprint density at radius 1 is 1.07 bits per heavy atom. The van der Waals surface area contributed by atoms with Crippen LogP contribution in [0, 0.1) is 5.82 Å². The number of halogens is 6. The van der Waals surface area contributed by atoms with E-state index in [9.17, 15) is 31.4 Å². The van der Waals surface area contributed by atoms with Crippen LogP contribution in [-0.2, 0) is 0 Å². The van der Waals surface area contributed by atoms with E-state index in [1.807, 2.05) is 11.0 Å². The van der Waals surface area contributed by atoms with Gasteiger partial charge in [0, 0.05) is 49.0 Å². The van der Waals surface area contributed by atoms with Crippen LogP contribution >= 0.6 is 0 Å². The maximum absolute atomic E-state index is 14.0. The lowest BCUT2D eigenvalue weighted by Gasteiger charge is -2.52. The van der Waals surface area contributed by atoms with E-state index < -0.39 is 43.0 Å². The molecule has 1 aromatic carbocycles. The molecular weight excluding hydrogens is 414 g/mol. The van der Waals surface area contributed by atoms with Gasteiger partial charge in [-0.3, -0.25) is 4.90 Å². The van der Waals surface area contributed by atoms with Crippen LogP contribution in [0.3, 0.4) is 0 Å². The van der Waals surface area contributed by atoms with Crippen LogP contribution in [0.5, 0.6) is 5.75 Å². The highest BCUT2D eigenvalue weighted by Crippen LogP contribution is 2.42. The van der Waals surface area contributed by atoms with E-state index in [1.54, 1.807) is 11.0 Å². The molecule has 0 unspecified atom stereocenters. The Morgan fingerprint density at radius 2 is 1.70 bits per heavy atom. The van der Waals surface area contributed by atoms with Gasteiger partial charge in [-0.2, -0.15) is 22.0 Å². The van der Waals surface area contributed by atoms with Crippen molar-refractivity contribution >= 4 is 11.8 Å². The van der Waals surface area contributed by atoms with E-state index in [2.05, 4.69) is 4.74 Å². The van der Waals surface area contributed by atoms with Gasteiger partial charge in [-0.15, -0.1) is 0 Å². The second-order valence-electron chi connectivity index (χ2n) is 8.17. The fourth-order valence-corrected chi connectivity index (χ4v) is 4.66. The Labute approximate surface area is 169 Å². The van der Waals surface area contributed by atoms with Crippen LogP contribution in [0.4, 0.5) is 32.0 Å².